The standard InChI is InChI=1S/C21H18N4O4/c1-27-16-10-8-15(9-11-16)22-21(26)23-17-6-3-2-5-14(17)13-19-24-20(25-29-19)18-7-4-12-28-18/h2-12H,13H2,1H3,(H2,22,23,26). The van der Waals surface area contributed by atoms with Crippen LogP contribution in [0.5, 0.6) is 5.75 Å². The van der Waals surface area contributed by atoms with Crippen LogP contribution >= 0.6 is 0 Å². The quantitative estimate of drug-likeness (QED) is 0.500. The fraction of sp³-hybridized carbons (Fsp3) is 0.0952. The molecule has 2 N–H and O–H groups in total. The molecule has 0 spiro atoms. The Morgan fingerprint density at radius 1 is 1.03 bits per heavy atom. The van der Waals surface area contributed by atoms with Crippen LogP contribution in [0.4, 0.5) is 16.2 Å². The number of carbonyl (C=O) groups is 1. The summed E-state index contributed by atoms with van der Waals surface area (Å²) < 4.78 is 15.7. The number of urea groups is 1. The molecular formula is C21H18N4O4. The Labute approximate surface area is 166 Å². The summed E-state index contributed by atoms with van der Waals surface area (Å²) in [5.41, 5.74) is 2.14. The van der Waals surface area contributed by atoms with Gasteiger partial charge >= 0.3 is 6.03 Å². The zero-order valence-corrected chi connectivity index (χ0v) is 15.6. The van der Waals surface area contributed by atoms with Gasteiger partial charge in [-0.05, 0) is 48.0 Å². The summed E-state index contributed by atoms with van der Waals surface area (Å²) in [7, 11) is 1.59. The highest BCUT2D eigenvalue weighted by Gasteiger charge is 2.14. The Bertz CT molecular complexity index is 1090. The van der Waals surface area contributed by atoms with Crippen molar-refractivity contribution in [1.82, 2.24) is 10.1 Å². The molecule has 0 aliphatic heterocycles. The van der Waals surface area contributed by atoms with Gasteiger partial charge < -0.3 is 24.3 Å². The van der Waals surface area contributed by atoms with Gasteiger partial charge in [-0.1, -0.05) is 23.4 Å². The molecule has 2 aromatic carbocycles. The predicted octanol–water partition coefficient (Wildman–Crippen LogP) is 4.57. The van der Waals surface area contributed by atoms with Crippen molar-refractivity contribution in [1.29, 1.82) is 0 Å². The third-order valence-electron chi connectivity index (χ3n) is 4.16. The zero-order chi connectivity index (χ0) is 20.1. The van der Waals surface area contributed by atoms with Gasteiger partial charge in [-0.25, -0.2) is 4.79 Å². The lowest BCUT2D eigenvalue weighted by Crippen LogP contribution is -2.20. The molecule has 0 fully saturated rings. The van der Waals surface area contributed by atoms with Gasteiger partial charge in [-0.15, -0.1) is 0 Å². The number of aromatic nitrogens is 2. The second kappa shape index (κ2) is 8.30. The average molecular weight is 390 g/mol. The van der Waals surface area contributed by atoms with E-state index in [1.54, 1.807) is 49.8 Å². The molecule has 29 heavy (non-hydrogen) atoms. The largest absolute Gasteiger partial charge is 0.497 e. The summed E-state index contributed by atoms with van der Waals surface area (Å²) in [4.78, 5) is 16.7. The minimum absolute atomic E-state index is 0.357. The maximum absolute atomic E-state index is 12.4. The third kappa shape index (κ3) is 4.44. The first-order valence-electron chi connectivity index (χ1n) is 8.88. The van der Waals surface area contributed by atoms with E-state index in [4.69, 9.17) is 13.7 Å². The molecule has 2 amide bonds. The van der Waals surface area contributed by atoms with Crippen LogP contribution in [-0.4, -0.2) is 23.3 Å². The first-order valence-corrected chi connectivity index (χ1v) is 8.88. The normalized spacial score (nSPS) is 10.5. The van der Waals surface area contributed by atoms with Crippen molar-refractivity contribution < 1.29 is 18.5 Å². The van der Waals surface area contributed by atoms with Crippen LogP contribution in [0, 0.1) is 0 Å². The molecule has 0 saturated heterocycles. The van der Waals surface area contributed by atoms with Crippen molar-refractivity contribution in [3.63, 3.8) is 0 Å². The summed E-state index contributed by atoms with van der Waals surface area (Å²) in [6, 6.07) is 17.7. The predicted molar refractivity (Wildman–Crippen MR) is 107 cm³/mol. The number of ether oxygens (including phenoxy) is 1. The van der Waals surface area contributed by atoms with Crippen LogP contribution in [-0.2, 0) is 6.42 Å². The minimum atomic E-state index is -0.357. The summed E-state index contributed by atoms with van der Waals surface area (Å²) in [6.07, 6.45) is 1.92. The van der Waals surface area contributed by atoms with E-state index in [-0.39, 0.29) is 6.03 Å². The third-order valence-corrected chi connectivity index (χ3v) is 4.16. The number of hydrogen-bond donors (Lipinski definition) is 2. The van der Waals surface area contributed by atoms with Gasteiger partial charge in [-0.2, -0.15) is 4.98 Å². The number of anilines is 2. The maximum Gasteiger partial charge on any atom is 0.323 e. The average Bonchev–Trinajstić information content (AvgIpc) is 3.42. The van der Waals surface area contributed by atoms with Crippen LogP contribution in [0.15, 0.2) is 75.9 Å². The van der Waals surface area contributed by atoms with E-state index in [0.717, 1.165) is 11.3 Å². The van der Waals surface area contributed by atoms with Gasteiger partial charge in [0.2, 0.25) is 11.7 Å². The van der Waals surface area contributed by atoms with Gasteiger partial charge in [0.25, 0.3) is 0 Å². The Hall–Kier alpha value is -4.07. The number of para-hydroxylation sites is 1. The monoisotopic (exact) mass is 390 g/mol. The lowest BCUT2D eigenvalue weighted by Gasteiger charge is -2.11. The number of nitrogens with zero attached hydrogens (tertiary/aromatic N) is 2. The molecule has 0 unspecified atom stereocenters. The Kier molecular flexibility index (Phi) is 5.24. The van der Waals surface area contributed by atoms with Crippen LogP contribution in [0.1, 0.15) is 11.5 Å². The molecule has 0 saturated carbocycles. The topological polar surface area (TPSA) is 102 Å². The lowest BCUT2D eigenvalue weighted by atomic mass is 10.1. The van der Waals surface area contributed by atoms with Gasteiger partial charge in [-0.3, -0.25) is 0 Å². The van der Waals surface area contributed by atoms with Crippen molar-refractivity contribution in [2.24, 2.45) is 0 Å². The zero-order valence-electron chi connectivity index (χ0n) is 15.6. The van der Waals surface area contributed by atoms with E-state index in [2.05, 4.69) is 20.8 Å². The summed E-state index contributed by atoms with van der Waals surface area (Å²) in [5.74, 6) is 2.05. The Morgan fingerprint density at radius 3 is 2.62 bits per heavy atom. The molecular weight excluding hydrogens is 372 g/mol. The molecule has 8 nitrogen and oxygen atoms in total. The first-order chi connectivity index (χ1) is 14.2. The van der Waals surface area contributed by atoms with Crippen molar-refractivity contribution in [3.05, 3.63) is 78.4 Å². The summed E-state index contributed by atoms with van der Waals surface area (Å²) >= 11 is 0. The van der Waals surface area contributed by atoms with E-state index in [1.165, 1.54) is 0 Å². The molecule has 146 valence electrons. The molecule has 0 aliphatic carbocycles. The van der Waals surface area contributed by atoms with E-state index < -0.39 is 0 Å². The summed E-state index contributed by atoms with van der Waals surface area (Å²) in [5, 5.41) is 9.56. The smallest absolute Gasteiger partial charge is 0.323 e. The highest BCUT2D eigenvalue weighted by Crippen LogP contribution is 2.22. The second-order valence-corrected chi connectivity index (χ2v) is 6.13. The highest BCUT2D eigenvalue weighted by atomic mass is 16.5. The molecule has 8 heteroatoms. The van der Waals surface area contributed by atoms with Crippen LogP contribution in [0.3, 0.4) is 0 Å². The second-order valence-electron chi connectivity index (χ2n) is 6.13. The van der Waals surface area contributed by atoms with E-state index in [0.29, 0.717) is 35.3 Å². The number of benzene rings is 2. The van der Waals surface area contributed by atoms with Gasteiger partial charge in [0.15, 0.2) is 5.76 Å². The maximum atomic E-state index is 12.4. The molecule has 4 rings (SSSR count). The number of nitrogens with one attached hydrogen (secondary N) is 2. The van der Waals surface area contributed by atoms with E-state index >= 15 is 0 Å². The van der Waals surface area contributed by atoms with E-state index in [1.807, 2.05) is 24.3 Å². The molecule has 0 aliphatic rings. The fourth-order valence-electron chi connectivity index (χ4n) is 2.75. The SMILES string of the molecule is COc1ccc(NC(=O)Nc2ccccc2Cc2nc(-c3ccco3)no2)cc1. The van der Waals surface area contributed by atoms with Crippen molar-refractivity contribution in [3.8, 4) is 17.3 Å². The minimum Gasteiger partial charge on any atom is -0.497 e. The van der Waals surface area contributed by atoms with Gasteiger partial charge in [0, 0.05) is 11.4 Å². The molecule has 4 aromatic rings. The number of methoxy groups -OCH3 is 1. The van der Waals surface area contributed by atoms with Crippen molar-refractivity contribution >= 4 is 17.4 Å². The summed E-state index contributed by atoms with van der Waals surface area (Å²) in [6.45, 7) is 0. The first kappa shape index (κ1) is 18.3. The molecule has 2 heterocycles. The van der Waals surface area contributed by atoms with Crippen molar-refractivity contribution in [2.75, 3.05) is 17.7 Å². The number of furan rings is 1. The lowest BCUT2D eigenvalue weighted by molar-refractivity contribution is 0.262. The number of hydrogen-bond acceptors (Lipinski definition) is 6. The molecule has 0 bridgehead atoms. The molecule has 0 atom stereocenters. The van der Waals surface area contributed by atoms with Crippen LogP contribution in [0.25, 0.3) is 11.6 Å². The Morgan fingerprint density at radius 2 is 1.86 bits per heavy atom. The Balaban J connectivity index is 1.44. The molecule has 2 aromatic heterocycles. The fourth-order valence-corrected chi connectivity index (χ4v) is 2.75. The molecule has 0 radical (unpaired) electrons. The number of carbonyl (C=O) groups excluding carboxylic acids is 1. The number of rotatable bonds is 6. The highest BCUT2D eigenvalue weighted by molar-refractivity contribution is 6.00. The van der Waals surface area contributed by atoms with Crippen LogP contribution < -0.4 is 15.4 Å². The number of amides is 2. The van der Waals surface area contributed by atoms with E-state index in [9.17, 15) is 4.79 Å². The van der Waals surface area contributed by atoms with Crippen LogP contribution in [0.2, 0.25) is 0 Å². The van der Waals surface area contributed by atoms with Gasteiger partial charge in [0.1, 0.15) is 5.75 Å². The van der Waals surface area contributed by atoms with Gasteiger partial charge in [0.05, 0.1) is 19.8 Å². The van der Waals surface area contributed by atoms with Crippen molar-refractivity contribution in [2.45, 2.75) is 6.42 Å².